The molecule has 0 heterocycles. The van der Waals surface area contributed by atoms with Crippen LogP contribution in [0.1, 0.15) is 175 Å². The minimum atomic E-state index is 0.884. The van der Waals surface area contributed by atoms with Crippen LogP contribution in [0, 0.1) is 47.3 Å². The van der Waals surface area contributed by atoms with E-state index in [1.165, 1.54) is 64.2 Å². The van der Waals surface area contributed by atoms with E-state index in [2.05, 4.69) is 111 Å². The highest BCUT2D eigenvalue weighted by molar-refractivity contribution is 4.99. The van der Waals surface area contributed by atoms with E-state index in [-0.39, 0.29) is 0 Å². The largest absolute Gasteiger partial charge is 0.0654 e. The maximum atomic E-state index is 2.36. The van der Waals surface area contributed by atoms with Crippen LogP contribution in [0.25, 0.3) is 0 Å². The Morgan fingerprint density at radius 1 is 0.391 bits per heavy atom. The molecule has 0 heteroatoms. The van der Waals surface area contributed by atoms with E-state index < -0.39 is 0 Å². The number of rotatable bonds is 10. The highest BCUT2D eigenvalue weighted by Crippen LogP contribution is 2.41. The standard InChI is InChI=1S/C11H22.2C6H6.3C6H14.C5H12/c1-8(2)5-10-6-11(7-10)9(3)4;2*1-2-4-6-5-3-1;3*1-4-5-6(2)3;1-4-5(2)3/h8-11H,5-7H2,1-4H3;2*1-6H;3*6H,4-5H2,1-3H3;5H,4H2,1-3H3. The molecule has 2 aromatic rings. The number of hydrogen-bond donors (Lipinski definition) is 0. The van der Waals surface area contributed by atoms with Crippen LogP contribution in [0.15, 0.2) is 72.8 Å². The summed E-state index contributed by atoms with van der Waals surface area (Å²) in [6.45, 7) is 36.2. The van der Waals surface area contributed by atoms with Crippen LogP contribution in [-0.2, 0) is 0 Å². The molecule has 3 rings (SSSR count). The van der Waals surface area contributed by atoms with Crippen molar-refractivity contribution < 1.29 is 0 Å². The normalized spacial score (nSPS) is 14.5. The van der Waals surface area contributed by atoms with Gasteiger partial charge in [0.1, 0.15) is 0 Å². The lowest BCUT2D eigenvalue weighted by Gasteiger charge is -2.39. The first kappa shape index (κ1) is 51.3. The molecule has 0 amide bonds. The molecule has 1 fully saturated rings. The van der Waals surface area contributed by atoms with Gasteiger partial charge in [-0.2, -0.15) is 0 Å². The number of benzene rings is 2. The molecule has 46 heavy (non-hydrogen) atoms. The average molecular weight is 641 g/mol. The molecule has 0 spiro atoms. The summed E-state index contributed by atoms with van der Waals surface area (Å²) in [5, 5.41) is 0. The van der Waals surface area contributed by atoms with Crippen molar-refractivity contribution in [3.8, 4) is 0 Å². The van der Waals surface area contributed by atoms with Gasteiger partial charge in [0.2, 0.25) is 0 Å². The molecule has 0 radical (unpaired) electrons. The van der Waals surface area contributed by atoms with E-state index in [9.17, 15) is 0 Å². The van der Waals surface area contributed by atoms with E-state index in [0.717, 1.165) is 47.3 Å². The Hall–Kier alpha value is -1.56. The molecule has 0 bridgehead atoms. The van der Waals surface area contributed by atoms with E-state index in [1.54, 1.807) is 0 Å². The summed E-state index contributed by atoms with van der Waals surface area (Å²) in [7, 11) is 0. The van der Waals surface area contributed by atoms with Crippen molar-refractivity contribution in [3.05, 3.63) is 72.8 Å². The maximum absolute atomic E-state index is 2.36. The fourth-order valence-corrected chi connectivity index (χ4v) is 4.69. The van der Waals surface area contributed by atoms with Gasteiger partial charge in [0.05, 0.1) is 0 Å². The number of hydrogen-bond acceptors (Lipinski definition) is 0. The van der Waals surface area contributed by atoms with E-state index in [0.29, 0.717) is 0 Å². The third-order valence-corrected chi connectivity index (χ3v) is 7.77. The van der Waals surface area contributed by atoms with Gasteiger partial charge in [0.15, 0.2) is 0 Å². The van der Waals surface area contributed by atoms with Crippen LogP contribution in [0.3, 0.4) is 0 Å². The third kappa shape index (κ3) is 52.0. The summed E-state index contributed by atoms with van der Waals surface area (Å²) in [4.78, 5) is 0. The Labute approximate surface area is 294 Å². The summed E-state index contributed by atoms with van der Waals surface area (Å²) < 4.78 is 0. The van der Waals surface area contributed by atoms with Crippen molar-refractivity contribution in [2.75, 3.05) is 0 Å². The Kier molecular flexibility index (Phi) is 44.2. The van der Waals surface area contributed by atoms with Crippen LogP contribution in [0.5, 0.6) is 0 Å². The molecular weight excluding hydrogens is 553 g/mol. The average Bonchev–Trinajstić information content (AvgIpc) is 2.98. The summed E-state index contributed by atoms with van der Waals surface area (Å²) in [6.07, 6.45) is 13.9. The quantitative estimate of drug-likeness (QED) is 0.242. The van der Waals surface area contributed by atoms with Gasteiger partial charge >= 0.3 is 0 Å². The van der Waals surface area contributed by atoms with E-state index >= 15 is 0 Å². The monoisotopic (exact) mass is 641 g/mol. The van der Waals surface area contributed by atoms with Crippen molar-refractivity contribution in [1.29, 1.82) is 0 Å². The minimum absolute atomic E-state index is 0.884. The molecule has 272 valence electrons. The zero-order valence-electron chi connectivity index (χ0n) is 34.6. The first-order chi connectivity index (χ1) is 21.7. The molecule has 1 aliphatic carbocycles. The molecule has 0 saturated heterocycles. The molecule has 1 aliphatic rings. The molecule has 0 nitrogen and oxygen atoms in total. The summed E-state index contributed by atoms with van der Waals surface area (Å²) in [6, 6.07) is 24.0. The first-order valence-electron chi connectivity index (χ1n) is 19.7. The second kappa shape index (κ2) is 39.6. The highest BCUT2D eigenvalue weighted by Gasteiger charge is 2.30. The smallest absolute Gasteiger partial charge is 0.0386 e. The maximum Gasteiger partial charge on any atom is -0.0386 e. The second-order valence-corrected chi connectivity index (χ2v) is 15.6. The molecule has 0 aliphatic heterocycles. The van der Waals surface area contributed by atoms with Gasteiger partial charge in [-0.05, 0) is 66.6 Å². The Balaban J connectivity index is -0.000000228. The molecule has 0 unspecified atom stereocenters. The lowest BCUT2D eigenvalue weighted by Crippen LogP contribution is -2.28. The molecule has 0 atom stereocenters. The van der Waals surface area contributed by atoms with Crippen LogP contribution < -0.4 is 0 Å². The van der Waals surface area contributed by atoms with Gasteiger partial charge in [0.25, 0.3) is 0 Å². The molecular formula is C46H88. The Morgan fingerprint density at radius 3 is 0.739 bits per heavy atom. The van der Waals surface area contributed by atoms with Crippen molar-refractivity contribution in [2.45, 2.75) is 175 Å². The highest BCUT2D eigenvalue weighted by atomic mass is 14.4. The van der Waals surface area contributed by atoms with Gasteiger partial charge in [-0.3, -0.25) is 0 Å². The second-order valence-electron chi connectivity index (χ2n) is 15.6. The van der Waals surface area contributed by atoms with E-state index in [4.69, 9.17) is 0 Å². The molecule has 1 saturated carbocycles. The topological polar surface area (TPSA) is 0 Å². The zero-order chi connectivity index (χ0) is 36.2. The van der Waals surface area contributed by atoms with Crippen LogP contribution >= 0.6 is 0 Å². The molecule has 2 aromatic carbocycles. The minimum Gasteiger partial charge on any atom is -0.0654 e. The predicted molar refractivity (Wildman–Crippen MR) is 218 cm³/mol. The van der Waals surface area contributed by atoms with Gasteiger partial charge < -0.3 is 0 Å². The van der Waals surface area contributed by atoms with Crippen molar-refractivity contribution in [2.24, 2.45) is 47.3 Å². The van der Waals surface area contributed by atoms with E-state index in [1.807, 2.05) is 72.8 Å². The van der Waals surface area contributed by atoms with Crippen molar-refractivity contribution in [3.63, 3.8) is 0 Å². The van der Waals surface area contributed by atoms with Gasteiger partial charge in [-0.1, -0.05) is 229 Å². The lowest BCUT2D eigenvalue weighted by atomic mass is 9.67. The van der Waals surface area contributed by atoms with Gasteiger partial charge in [0, 0.05) is 0 Å². The van der Waals surface area contributed by atoms with Gasteiger partial charge in [-0.15, -0.1) is 0 Å². The van der Waals surface area contributed by atoms with Gasteiger partial charge in [-0.25, -0.2) is 0 Å². The SMILES string of the molecule is CC(C)CC1CC(C(C)C)C1.CCC(C)C.CCCC(C)C.CCCC(C)C.CCCC(C)C.c1ccccc1.c1ccccc1. The Morgan fingerprint density at radius 2 is 0.630 bits per heavy atom. The molecule has 0 N–H and O–H groups in total. The zero-order valence-corrected chi connectivity index (χ0v) is 34.6. The summed E-state index contributed by atoms with van der Waals surface area (Å²) in [5.74, 6) is 7.54. The van der Waals surface area contributed by atoms with Crippen LogP contribution in [0.4, 0.5) is 0 Å². The van der Waals surface area contributed by atoms with Crippen molar-refractivity contribution >= 4 is 0 Å². The first-order valence-corrected chi connectivity index (χ1v) is 19.7. The lowest BCUT2D eigenvalue weighted by molar-refractivity contribution is 0.122. The summed E-state index contributed by atoms with van der Waals surface area (Å²) >= 11 is 0. The third-order valence-electron chi connectivity index (χ3n) is 7.77. The fourth-order valence-electron chi connectivity index (χ4n) is 4.69. The molecule has 0 aromatic heterocycles. The van der Waals surface area contributed by atoms with Crippen LogP contribution in [-0.4, -0.2) is 0 Å². The van der Waals surface area contributed by atoms with Crippen LogP contribution in [0.2, 0.25) is 0 Å². The fraction of sp³-hybridized carbons (Fsp3) is 0.739. The predicted octanol–water partition coefficient (Wildman–Crippen LogP) is 16.5. The Bertz CT molecular complexity index is 610. The van der Waals surface area contributed by atoms with Crippen molar-refractivity contribution in [1.82, 2.24) is 0 Å². The summed E-state index contributed by atoms with van der Waals surface area (Å²) in [5.41, 5.74) is 0.